The lowest BCUT2D eigenvalue weighted by atomic mass is 10.1. The number of morpholine rings is 1. The maximum atomic E-state index is 13.1. The fourth-order valence-electron chi connectivity index (χ4n) is 3.16. The van der Waals surface area contributed by atoms with Gasteiger partial charge >= 0.3 is 0 Å². The van der Waals surface area contributed by atoms with E-state index in [1.807, 2.05) is 4.90 Å². The van der Waals surface area contributed by atoms with Gasteiger partial charge in [0.15, 0.2) is 0 Å². The Kier molecular flexibility index (Phi) is 7.02. The number of hydrogen-bond donors (Lipinski definition) is 0. The summed E-state index contributed by atoms with van der Waals surface area (Å²) in [6.07, 6.45) is 3.22. The zero-order valence-electron chi connectivity index (χ0n) is 16.5. The van der Waals surface area contributed by atoms with E-state index in [-0.39, 0.29) is 30.4 Å². The molecule has 1 saturated heterocycles. The molecule has 0 spiro atoms. The number of aromatic nitrogens is 3. The van der Waals surface area contributed by atoms with Crippen molar-refractivity contribution in [2.45, 2.75) is 6.61 Å². The van der Waals surface area contributed by atoms with Gasteiger partial charge in [-0.1, -0.05) is 12.1 Å². The summed E-state index contributed by atoms with van der Waals surface area (Å²) in [5.41, 5.74) is 1.87. The summed E-state index contributed by atoms with van der Waals surface area (Å²) in [6.45, 7) is 2.80. The Balaban J connectivity index is 0.00000256. The van der Waals surface area contributed by atoms with Crippen molar-refractivity contribution in [1.82, 2.24) is 14.5 Å². The molecule has 0 bridgehead atoms. The molecule has 1 fully saturated rings. The van der Waals surface area contributed by atoms with Crippen molar-refractivity contribution < 1.29 is 13.9 Å². The molecule has 0 radical (unpaired) electrons. The van der Waals surface area contributed by atoms with Crippen LogP contribution in [0.2, 0.25) is 0 Å². The van der Waals surface area contributed by atoms with Gasteiger partial charge in [-0.3, -0.25) is 14.3 Å². The number of pyridine rings is 1. The molecule has 30 heavy (non-hydrogen) atoms. The highest BCUT2D eigenvalue weighted by molar-refractivity contribution is 5.85. The van der Waals surface area contributed by atoms with Crippen LogP contribution in [0.5, 0.6) is 5.75 Å². The molecular formula is C21H22ClFN4O3. The van der Waals surface area contributed by atoms with Crippen molar-refractivity contribution in [3.05, 3.63) is 70.5 Å². The maximum absolute atomic E-state index is 13.1. The minimum atomic E-state index is -0.296. The number of halogens is 2. The van der Waals surface area contributed by atoms with Gasteiger partial charge in [0.1, 0.15) is 18.2 Å². The Morgan fingerprint density at radius 1 is 1.17 bits per heavy atom. The van der Waals surface area contributed by atoms with Crippen molar-refractivity contribution in [3.8, 4) is 17.0 Å². The predicted octanol–water partition coefficient (Wildman–Crippen LogP) is 2.82. The molecular weight excluding hydrogens is 411 g/mol. The molecule has 9 heteroatoms. The largest absolute Gasteiger partial charge is 0.487 e. The van der Waals surface area contributed by atoms with Crippen LogP contribution in [0.3, 0.4) is 0 Å². The van der Waals surface area contributed by atoms with Crippen molar-refractivity contribution in [2.75, 3.05) is 31.2 Å². The van der Waals surface area contributed by atoms with Gasteiger partial charge < -0.3 is 14.4 Å². The zero-order chi connectivity index (χ0) is 20.2. The minimum absolute atomic E-state index is 0. The number of nitrogens with zero attached hydrogens (tertiary/aromatic N) is 4. The fourth-order valence-corrected chi connectivity index (χ4v) is 3.16. The van der Waals surface area contributed by atoms with Gasteiger partial charge in [-0.25, -0.2) is 9.37 Å². The van der Waals surface area contributed by atoms with Crippen molar-refractivity contribution in [3.63, 3.8) is 0 Å². The normalized spacial score (nSPS) is 13.6. The monoisotopic (exact) mass is 432 g/mol. The van der Waals surface area contributed by atoms with Crippen LogP contribution in [0.25, 0.3) is 11.3 Å². The first-order valence-electron chi connectivity index (χ1n) is 9.34. The molecule has 1 aliphatic rings. The van der Waals surface area contributed by atoms with Crippen molar-refractivity contribution in [1.29, 1.82) is 0 Å². The highest BCUT2D eigenvalue weighted by Crippen LogP contribution is 2.28. The van der Waals surface area contributed by atoms with Crippen LogP contribution >= 0.6 is 12.4 Å². The predicted molar refractivity (Wildman–Crippen MR) is 114 cm³/mol. The molecule has 4 rings (SSSR count). The van der Waals surface area contributed by atoms with Gasteiger partial charge in [0.2, 0.25) is 5.95 Å². The third kappa shape index (κ3) is 4.77. The summed E-state index contributed by atoms with van der Waals surface area (Å²) >= 11 is 0. The van der Waals surface area contributed by atoms with Crippen LogP contribution in [0.15, 0.2) is 53.6 Å². The molecule has 158 valence electrons. The van der Waals surface area contributed by atoms with Gasteiger partial charge in [0.25, 0.3) is 5.56 Å². The number of anilines is 1. The molecule has 2 aromatic heterocycles. The molecule has 3 aromatic rings. The van der Waals surface area contributed by atoms with E-state index >= 15 is 0 Å². The highest BCUT2D eigenvalue weighted by Gasteiger charge is 2.18. The van der Waals surface area contributed by atoms with E-state index in [0.717, 1.165) is 5.56 Å². The third-order valence-electron chi connectivity index (χ3n) is 4.77. The molecule has 0 unspecified atom stereocenters. The van der Waals surface area contributed by atoms with Crippen molar-refractivity contribution >= 4 is 18.4 Å². The summed E-state index contributed by atoms with van der Waals surface area (Å²) in [7, 11) is 1.71. The zero-order valence-corrected chi connectivity index (χ0v) is 17.3. The molecule has 0 aliphatic carbocycles. The Morgan fingerprint density at radius 2 is 1.90 bits per heavy atom. The third-order valence-corrected chi connectivity index (χ3v) is 4.77. The van der Waals surface area contributed by atoms with E-state index in [9.17, 15) is 9.18 Å². The standard InChI is InChI=1S/C21H21FN4O3.ClH/c1-25-20(27)12-18(24-21(25)26-8-10-28-11-9-26)17-6-7-23-13-19(17)29-14-15-2-4-16(22)5-3-15;/h2-7,12-13H,8-11,14H2,1H3;1H. The Labute approximate surface area is 179 Å². The van der Waals surface area contributed by atoms with Crippen LogP contribution in [0, 0.1) is 5.82 Å². The van der Waals surface area contributed by atoms with Crippen LogP contribution in [-0.2, 0) is 18.4 Å². The Hall–Kier alpha value is -2.97. The summed E-state index contributed by atoms with van der Waals surface area (Å²) in [4.78, 5) is 23.5. The molecule has 3 heterocycles. The van der Waals surface area contributed by atoms with Crippen molar-refractivity contribution in [2.24, 2.45) is 7.05 Å². The first-order valence-corrected chi connectivity index (χ1v) is 9.34. The topological polar surface area (TPSA) is 69.5 Å². The van der Waals surface area contributed by atoms with Crippen LogP contribution in [0.4, 0.5) is 10.3 Å². The minimum Gasteiger partial charge on any atom is -0.487 e. The maximum Gasteiger partial charge on any atom is 0.255 e. The summed E-state index contributed by atoms with van der Waals surface area (Å²) in [5, 5.41) is 0. The molecule has 0 N–H and O–H groups in total. The Bertz CT molecular complexity index is 1050. The quantitative estimate of drug-likeness (QED) is 0.617. The van der Waals surface area contributed by atoms with E-state index in [1.54, 1.807) is 37.6 Å². The molecule has 1 aromatic carbocycles. The lowest BCUT2D eigenvalue weighted by molar-refractivity contribution is 0.121. The summed E-state index contributed by atoms with van der Waals surface area (Å²) in [6, 6.07) is 9.37. The second kappa shape index (κ2) is 9.69. The van der Waals surface area contributed by atoms with Gasteiger partial charge in [0, 0.05) is 38.0 Å². The van der Waals surface area contributed by atoms with Gasteiger partial charge in [-0.15, -0.1) is 12.4 Å². The average Bonchev–Trinajstić information content (AvgIpc) is 2.76. The number of benzene rings is 1. The van der Waals surface area contributed by atoms with Crippen LogP contribution in [0.1, 0.15) is 5.56 Å². The number of ether oxygens (including phenoxy) is 2. The lowest BCUT2D eigenvalue weighted by Gasteiger charge is -2.29. The molecule has 7 nitrogen and oxygen atoms in total. The van der Waals surface area contributed by atoms with Crippen LogP contribution in [-0.4, -0.2) is 40.8 Å². The second-order valence-electron chi connectivity index (χ2n) is 6.73. The lowest BCUT2D eigenvalue weighted by Crippen LogP contribution is -2.40. The number of rotatable bonds is 5. The molecule has 0 amide bonds. The Morgan fingerprint density at radius 3 is 2.63 bits per heavy atom. The van der Waals surface area contributed by atoms with Gasteiger partial charge in [-0.05, 0) is 23.8 Å². The molecule has 1 aliphatic heterocycles. The van der Waals surface area contributed by atoms with E-state index in [0.29, 0.717) is 49.3 Å². The first kappa shape index (κ1) is 21.7. The SMILES string of the molecule is Cl.Cn1c(N2CCOCC2)nc(-c2ccncc2OCc2ccc(F)cc2)cc1=O. The van der Waals surface area contributed by atoms with Gasteiger partial charge in [0.05, 0.1) is 25.1 Å². The molecule has 0 saturated carbocycles. The fraction of sp³-hybridized carbons (Fsp3) is 0.286. The summed E-state index contributed by atoms with van der Waals surface area (Å²) in [5.74, 6) is 0.804. The highest BCUT2D eigenvalue weighted by atomic mass is 35.5. The number of hydrogen-bond acceptors (Lipinski definition) is 6. The molecule has 0 atom stereocenters. The van der Waals surface area contributed by atoms with E-state index in [4.69, 9.17) is 14.5 Å². The summed E-state index contributed by atoms with van der Waals surface area (Å²) < 4.78 is 25.9. The second-order valence-corrected chi connectivity index (χ2v) is 6.73. The van der Waals surface area contributed by atoms with Gasteiger partial charge in [-0.2, -0.15) is 0 Å². The smallest absolute Gasteiger partial charge is 0.255 e. The van der Waals surface area contributed by atoms with E-state index < -0.39 is 0 Å². The average molecular weight is 433 g/mol. The van der Waals surface area contributed by atoms with E-state index in [1.165, 1.54) is 22.8 Å². The first-order chi connectivity index (χ1) is 14.1. The van der Waals surface area contributed by atoms with Crippen LogP contribution < -0.4 is 15.2 Å². The van der Waals surface area contributed by atoms with E-state index in [2.05, 4.69) is 4.98 Å².